The third-order valence-electron chi connectivity index (χ3n) is 3.26. The van der Waals surface area contributed by atoms with Crippen LogP contribution in [0, 0.1) is 5.82 Å². The molecule has 2 aromatic carbocycles. The van der Waals surface area contributed by atoms with Crippen molar-refractivity contribution in [1.82, 2.24) is 5.43 Å². The van der Waals surface area contributed by atoms with Gasteiger partial charge in [-0.15, -0.1) is 0 Å². The lowest BCUT2D eigenvalue weighted by atomic mass is 10.2. The summed E-state index contributed by atoms with van der Waals surface area (Å²) in [5.41, 5.74) is 2.40. The minimum Gasteiger partial charge on any atom is -0.508 e. The van der Waals surface area contributed by atoms with E-state index < -0.39 is 17.2 Å². The van der Waals surface area contributed by atoms with E-state index in [1.165, 1.54) is 42.7 Å². The lowest BCUT2D eigenvalue weighted by Gasteiger charge is -2.00. The molecule has 2 N–H and O–H groups in total. The Hall–Kier alpha value is -3.48. The van der Waals surface area contributed by atoms with Crippen molar-refractivity contribution in [3.8, 4) is 5.75 Å². The summed E-state index contributed by atoms with van der Waals surface area (Å²) < 4.78 is 18.5. The van der Waals surface area contributed by atoms with E-state index in [2.05, 4.69) is 10.5 Å². The van der Waals surface area contributed by atoms with E-state index in [-0.39, 0.29) is 27.8 Å². The van der Waals surface area contributed by atoms with Crippen LogP contribution >= 0.6 is 0 Å². The fraction of sp³-hybridized carbons (Fsp3) is 0. The second kappa shape index (κ2) is 6.33. The average molecular weight is 326 g/mol. The van der Waals surface area contributed by atoms with Gasteiger partial charge in [-0.2, -0.15) is 5.10 Å². The number of nitrogens with zero attached hydrogens (tertiary/aromatic N) is 1. The van der Waals surface area contributed by atoms with Gasteiger partial charge in [0, 0.05) is 5.56 Å². The first kappa shape index (κ1) is 15.4. The monoisotopic (exact) mass is 326 g/mol. The number of phenolic OH excluding ortho intramolecular Hbond substituents is 1. The minimum absolute atomic E-state index is 0.0380. The number of hydrogen-bond acceptors (Lipinski definition) is 5. The van der Waals surface area contributed by atoms with Crippen LogP contribution in [0.4, 0.5) is 4.39 Å². The summed E-state index contributed by atoms with van der Waals surface area (Å²) >= 11 is 0. The second-order valence-electron chi connectivity index (χ2n) is 4.91. The molecule has 0 saturated heterocycles. The summed E-state index contributed by atoms with van der Waals surface area (Å²) in [6.45, 7) is 0. The van der Waals surface area contributed by atoms with Crippen LogP contribution in [-0.2, 0) is 0 Å². The summed E-state index contributed by atoms with van der Waals surface area (Å²) in [5, 5.41) is 12.9. The van der Waals surface area contributed by atoms with Crippen molar-refractivity contribution in [3.05, 3.63) is 75.9 Å². The lowest BCUT2D eigenvalue weighted by Crippen LogP contribution is -2.18. The van der Waals surface area contributed by atoms with Crippen LogP contribution in [0.2, 0.25) is 0 Å². The Morgan fingerprint density at radius 1 is 1.21 bits per heavy atom. The molecule has 0 unspecified atom stereocenters. The van der Waals surface area contributed by atoms with Crippen LogP contribution in [0.15, 0.2) is 63.0 Å². The van der Waals surface area contributed by atoms with Gasteiger partial charge in [0.25, 0.3) is 5.91 Å². The molecule has 120 valence electrons. The Labute approximate surface area is 134 Å². The van der Waals surface area contributed by atoms with Gasteiger partial charge in [-0.3, -0.25) is 9.59 Å². The highest BCUT2D eigenvalue weighted by molar-refractivity contribution is 5.95. The number of nitrogens with one attached hydrogen (secondary N) is 1. The quantitative estimate of drug-likeness (QED) is 0.571. The van der Waals surface area contributed by atoms with Crippen molar-refractivity contribution in [1.29, 1.82) is 0 Å². The lowest BCUT2D eigenvalue weighted by molar-refractivity contribution is 0.0955. The number of hydrogen-bond donors (Lipinski definition) is 2. The largest absolute Gasteiger partial charge is 0.508 e. The van der Waals surface area contributed by atoms with Gasteiger partial charge in [0.2, 0.25) is 5.43 Å². The molecule has 7 heteroatoms. The molecular weight excluding hydrogens is 315 g/mol. The number of carbonyl (C=O) groups excluding carboxylic acids is 1. The number of rotatable bonds is 3. The van der Waals surface area contributed by atoms with Gasteiger partial charge >= 0.3 is 0 Å². The van der Waals surface area contributed by atoms with E-state index in [4.69, 9.17) is 9.52 Å². The van der Waals surface area contributed by atoms with Crippen LogP contribution < -0.4 is 10.9 Å². The Balaban J connectivity index is 1.80. The molecule has 6 nitrogen and oxygen atoms in total. The summed E-state index contributed by atoms with van der Waals surface area (Å²) in [7, 11) is 0. The van der Waals surface area contributed by atoms with Gasteiger partial charge in [-0.05, 0) is 42.5 Å². The van der Waals surface area contributed by atoms with Crippen molar-refractivity contribution in [2.45, 2.75) is 0 Å². The number of carbonyl (C=O) groups is 1. The van der Waals surface area contributed by atoms with Crippen LogP contribution in [-0.4, -0.2) is 17.2 Å². The van der Waals surface area contributed by atoms with Crippen molar-refractivity contribution < 1.29 is 18.7 Å². The fourth-order valence-electron chi connectivity index (χ4n) is 2.05. The van der Waals surface area contributed by atoms with Gasteiger partial charge in [-0.25, -0.2) is 9.82 Å². The molecule has 3 rings (SSSR count). The van der Waals surface area contributed by atoms with Crippen molar-refractivity contribution in [2.75, 3.05) is 0 Å². The molecule has 0 saturated carbocycles. The van der Waals surface area contributed by atoms with Crippen molar-refractivity contribution >= 4 is 23.1 Å². The van der Waals surface area contributed by atoms with Crippen molar-refractivity contribution in [2.24, 2.45) is 5.10 Å². The fourth-order valence-corrected chi connectivity index (χ4v) is 2.05. The highest BCUT2D eigenvalue weighted by Crippen LogP contribution is 2.12. The highest BCUT2D eigenvalue weighted by atomic mass is 19.1. The van der Waals surface area contributed by atoms with E-state index >= 15 is 0 Å². The summed E-state index contributed by atoms with van der Waals surface area (Å²) in [6, 6.07) is 9.21. The van der Waals surface area contributed by atoms with Crippen molar-refractivity contribution in [3.63, 3.8) is 0 Å². The maximum absolute atomic E-state index is 13.2. The molecule has 0 aliphatic rings. The van der Waals surface area contributed by atoms with Gasteiger partial charge in [-0.1, -0.05) is 0 Å². The zero-order valence-corrected chi connectivity index (χ0v) is 12.2. The van der Waals surface area contributed by atoms with E-state index in [1.807, 2.05) is 0 Å². The highest BCUT2D eigenvalue weighted by Gasteiger charge is 2.07. The summed E-state index contributed by atoms with van der Waals surface area (Å²) in [6.07, 6.45) is 2.30. The van der Waals surface area contributed by atoms with Gasteiger partial charge < -0.3 is 9.52 Å². The SMILES string of the molecule is O=C(N/N=C/c1coc2ccc(F)cc2c1=O)c1ccc(O)cc1. The van der Waals surface area contributed by atoms with Gasteiger partial charge in [0.05, 0.1) is 17.2 Å². The molecule has 0 aliphatic heterocycles. The number of hydrazone groups is 1. The first-order chi connectivity index (χ1) is 11.5. The summed E-state index contributed by atoms with van der Waals surface area (Å²) in [4.78, 5) is 24.0. The third-order valence-corrected chi connectivity index (χ3v) is 3.26. The maximum atomic E-state index is 13.2. The molecule has 1 amide bonds. The van der Waals surface area contributed by atoms with Crippen LogP contribution in [0.3, 0.4) is 0 Å². The smallest absolute Gasteiger partial charge is 0.271 e. The number of aromatic hydroxyl groups is 1. The molecular formula is C17H11FN2O4. The minimum atomic E-state index is -0.551. The second-order valence-corrected chi connectivity index (χ2v) is 4.91. The zero-order chi connectivity index (χ0) is 17.1. The van der Waals surface area contributed by atoms with E-state index in [1.54, 1.807) is 0 Å². The molecule has 0 atom stereocenters. The normalized spacial score (nSPS) is 11.0. The topological polar surface area (TPSA) is 91.9 Å². The molecule has 3 aromatic rings. The van der Waals surface area contributed by atoms with E-state index in [0.717, 1.165) is 12.3 Å². The Bertz CT molecular complexity index is 994. The summed E-state index contributed by atoms with van der Waals surface area (Å²) in [5.74, 6) is -1.02. The van der Waals surface area contributed by atoms with Gasteiger partial charge in [0.1, 0.15) is 23.4 Å². The first-order valence-electron chi connectivity index (χ1n) is 6.88. The van der Waals surface area contributed by atoms with Crippen LogP contribution in [0.5, 0.6) is 5.75 Å². The molecule has 0 spiro atoms. The first-order valence-corrected chi connectivity index (χ1v) is 6.88. The standard InChI is InChI=1S/C17H11FN2O4/c18-12-3-6-15-14(7-12)16(22)11(9-24-15)8-19-20-17(23)10-1-4-13(21)5-2-10/h1-9,21H,(H,20,23)/b19-8+. The van der Waals surface area contributed by atoms with Gasteiger partial charge in [0.15, 0.2) is 0 Å². The van der Waals surface area contributed by atoms with Crippen LogP contribution in [0.1, 0.15) is 15.9 Å². The number of phenols is 1. The molecule has 24 heavy (non-hydrogen) atoms. The van der Waals surface area contributed by atoms with E-state index in [0.29, 0.717) is 0 Å². The average Bonchev–Trinajstić information content (AvgIpc) is 2.58. The molecule has 0 bridgehead atoms. The predicted octanol–water partition coefficient (Wildman–Crippen LogP) is 2.40. The maximum Gasteiger partial charge on any atom is 0.271 e. The zero-order valence-electron chi connectivity index (χ0n) is 12.2. The molecule has 1 aromatic heterocycles. The van der Waals surface area contributed by atoms with Crippen LogP contribution in [0.25, 0.3) is 11.0 Å². The van der Waals surface area contributed by atoms with E-state index in [9.17, 15) is 14.0 Å². The number of halogens is 1. The molecule has 0 fully saturated rings. The molecule has 1 heterocycles. The third kappa shape index (κ3) is 3.14. The molecule has 0 aliphatic carbocycles. The Kier molecular flexibility index (Phi) is 4.07. The molecule has 0 radical (unpaired) electrons. The number of benzene rings is 2. The number of amides is 1. The Morgan fingerprint density at radius 3 is 2.71 bits per heavy atom. The Morgan fingerprint density at radius 2 is 1.96 bits per heavy atom. The predicted molar refractivity (Wildman–Crippen MR) is 85.6 cm³/mol. The number of fused-ring (bicyclic) bond motifs is 1.